The first-order chi connectivity index (χ1) is 8.58. The van der Waals surface area contributed by atoms with E-state index in [-0.39, 0.29) is 5.11 Å². The fourth-order valence-corrected chi connectivity index (χ4v) is 1.75. The van der Waals surface area contributed by atoms with Gasteiger partial charge in [0, 0.05) is 11.3 Å². The largest absolute Gasteiger partial charge is 0.376 e. The lowest BCUT2D eigenvalue weighted by Gasteiger charge is -2.11. The van der Waals surface area contributed by atoms with Crippen LogP contribution < -0.4 is 11.1 Å². The first-order valence-electron chi connectivity index (χ1n) is 5.19. The highest BCUT2D eigenvalue weighted by atomic mass is 32.1. The normalized spacial score (nSPS) is 10.1. The lowest BCUT2D eigenvalue weighted by molar-refractivity contribution is 0.509. The summed E-state index contributed by atoms with van der Waals surface area (Å²) in [5.74, 6) is -1.77. The van der Waals surface area contributed by atoms with Crippen molar-refractivity contribution < 1.29 is 8.78 Å². The minimum atomic E-state index is -0.891. The summed E-state index contributed by atoms with van der Waals surface area (Å²) in [6, 6.07) is 10.8. The minimum absolute atomic E-state index is 0.116. The number of thiocarbonyl (C=S) groups is 1. The molecule has 0 bridgehead atoms. The number of hydrogen-bond donors (Lipinski definition) is 2. The average Bonchev–Trinajstić information content (AvgIpc) is 2.33. The van der Waals surface area contributed by atoms with Gasteiger partial charge in [-0.3, -0.25) is 0 Å². The van der Waals surface area contributed by atoms with E-state index in [0.29, 0.717) is 16.8 Å². The highest BCUT2D eigenvalue weighted by Crippen LogP contribution is 2.28. The van der Waals surface area contributed by atoms with Crippen LogP contribution in [0.5, 0.6) is 0 Å². The molecule has 0 heterocycles. The number of nitrogens with two attached hydrogens (primary N) is 1. The van der Waals surface area contributed by atoms with Gasteiger partial charge in [-0.1, -0.05) is 24.3 Å². The molecule has 0 fully saturated rings. The van der Waals surface area contributed by atoms with Gasteiger partial charge in [-0.25, -0.2) is 8.78 Å². The maximum atomic E-state index is 13.2. The van der Waals surface area contributed by atoms with Crippen LogP contribution in [0.1, 0.15) is 0 Å². The van der Waals surface area contributed by atoms with Crippen LogP contribution in [0, 0.1) is 11.6 Å². The Morgan fingerprint density at radius 3 is 2.44 bits per heavy atom. The molecule has 0 aromatic heterocycles. The van der Waals surface area contributed by atoms with Gasteiger partial charge in [0.05, 0.1) is 0 Å². The number of hydrogen-bond acceptors (Lipinski definition) is 1. The van der Waals surface area contributed by atoms with Crippen molar-refractivity contribution in [1.29, 1.82) is 0 Å². The molecular weight excluding hydrogens is 254 g/mol. The summed E-state index contributed by atoms with van der Waals surface area (Å²) in [5, 5.41) is 2.91. The van der Waals surface area contributed by atoms with Crippen molar-refractivity contribution in [3.8, 4) is 11.1 Å². The maximum Gasteiger partial charge on any atom is 0.168 e. The van der Waals surface area contributed by atoms with Gasteiger partial charge < -0.3 is 11.1 Å². The van der Waals surface area contributed by atoms with Crippen molar-refractivity contribution in [2.24, 2.45) is 5.73 Å². The number of rotatable bonds is 2. The molecule has 92 valence electrons. The Morgan fingerprint density at radius 1 is 1.06 bits per heavy atom. The van der Waals surface area contributed by atoms with Crippen LogP contribution in [0.25, 0.3) is 11.1 Å². The highest BCUT2D eigenvalue weighted by Gasteiger charge is 2.08. The maximum absolute atomic E-state index is 13.2. The Morgan fingerprint density at radius 2 is 1.78 bits per heavy atom. The molecule has 0 saturated carbocycles. The van der Waals surface area contributed by atoms with Gasteiger partial charge in [-0.2, -0.15) is 0 Å². The van der Waals surface area contributed by atoms with E-state index in [1.165, 1.54) is 6.07 Å². The fourth-order valence-electron chi connectivity index (χ4n) is 1.64. The van der Waals surface area contributed by atoms with Gasteiger partial charge in [0.2, 0.25) is 0 Å². The summed E-state index contributed by atoms with van der Waals surface area (Å²) in [7, 11) is 0. The van der Waals surface area contributed by atoms with Gasteiger partial charge in [-0.15, -0.1) is 0 Å². The molecule has 0 saturated heterocycles. The van der Waals surface area contributed by atoms with Gasteiger partial charge in [0.15, 0.2) is 16.7 Å². The SMILES string of the molecule is NC(=S)Nc1ccccc1-c1ccc(F)c(F)c1. The van der Waals surface area contributed by atoms with Crippen LogP contribution in [0.3, 0.4) is 0 Å². The van der Waals surface area contributed by atoms with Crippen molar-refractivity contribution in [2.45, 2.75) is 0 Å². The third-order valence-electron chi connectivity index (χ3n) is 2.42. The fraction of sp³-hybridized carbons (Fsp3) is 0. The predicted octanol–water partition coefficient (Wildman–Crippen LogP) is 3.29. The second kappa shape index (κ2) is 5.10. The zero-order valence-corrected chi connectivity index (χ0v) is 10.1. The van der Waals surface area contributed by atoms with E-state index in [1.807, 2.05) is 0 Å². The molecule has 0 aliphatic heterocycles. The Bertz CT molecular complexity index is 599. The Hall–Kier alpha value is -2.01. The van der Waals surface area contributed by atoms with Crippen LogP contribution >= 0.6 is 12.2 Å². The third kappa shape index (κ3) is 2.62. The summed E-state index contributed by atoms with van der Waals surface area (Å²) in [5.41, 5.74) is 7.31. The van der Waals surface area contributed by atoms with Crippen molar-refractivity contribution >= 4 is 23.0 Å². The molecule has 0 unspecified atom stereocenters. The van der Waals surface area contributed by atoms with Crippen molar-refractivity contribution in [2.75, 3.05) is 5.32 Å². The number of halogens is 2. The van der Waals surface area contributed by atoms with E-state index in [1.54, 1.807) is 24.3 Å². The van der Waals surface area contributed by atoms with E-state index in [9.17, 15) is 8.78 Å². The molecule has 2 aromatic rings. The second-order valence-electron chi connectivity index (χ2n) is 3.66. The van der Waals surface area contributed by atoms with Crippen LogP contribution in [0.15, 0.2) is 42.5 Å². The zero-order valence-electron chi connectivity index (χ0n) is 9.28. The first kappa shape index (κ1) is 12.4. The molecule has 2 rings (SSSR count). The topological polar surface area (TPSA) is 38.0 Å². The molecule has 0 amide bonds. The predicted molar refractivity (Wildman–Crippen MR) is 72.2 cm³/mol. The molecule has 0 spiro atoms. The summed E-state index contributed by atoms with van der Waals surface area (Å²) in [6.45, 7) is 0. The molecule has 0 aliphatic carbocycles. The number of para-hydroxylation sites is 1. The quantitative estimate of drug-likeness (QED) is 0.817. The number of anilines is 1. The average molecular weight is 264 g/mol. The van der Waals surface area contributed by atoms with Crippen molar-refractivity contribution in [3.63, 3.8) is 0 Å². The van der Waals surface area contributed by atoms with E-state index in [0.717, 1.165) is 12.1 Å². The molecular formula is C13H10F2N2S. The number of nitrogens with one attached hydrogen (secondary N) is 1. The van der Waals surface area contributed by atoms with Crippen molar-refractivity contribution in [3.05, 3.63) is 54.1 Å². The van der Waals surface area contributed by atoms with E-state index < -0.39 is 11.6 Å². The molecule has 2 nitrogen and oxygen atoms in total. The molecule has 18 heavy (non-hydrogen) atoms. The molecule has 0 aliphatic rings. The zero-order chi connectivity index (χ0) is 13.1. The van der Waals surface area contributed by atoms with Gasteiger partial charge in [0.25, 0.3) is 0 Å². The first-order valence-corrected chi connectivity index (χ1v) is 5.59. The lowest BCUT2D eigenvalue weighted by Crippen LogP contribution is -2.19. The Kier molecular flexibility index (Phi) is 3.53. The smallest absolute Gasteiger partial charge is 0.168 e. The van der Waals surface area contributed by atoms with Crippen molar-refractivity contribution in [1.82, 2.24) is 0 Å². The second-order valence-corrected chi connectivity index (χ2v) is 4.10. The molecule has 3 N–H and O–H groups in total. The van der Waals surface area contributed by atoms with Crippen LogP contribution in [-0.2, 0) is 0 Å². The molecule has 0 atom stereocenters. The summed E-state index contributed by atoms with van der Waals surface area (Å²) < 4.78 is 26.1. The van der Waals surface area contributed by atoms with E-state index in [4.69, 9.17) is 18.0 Å². The lowest BCUT2D eigenvalue weighted by atomic mass is 10.0. The Labute approximate surface area is 108 Å². The van der Waals surface area contributed by atoms with Crippen LogP contribution in [-0.4, -0.2) is 5.11 Å². The van der Waals surface area contributed by atoms with Gasteiger partial charge >= 0.3 is 0 Å². The minimum Gasteiger partial charge on any atom is -0.376 e. The third-order valence-corrected chi connectivity index (χ3v) is 2.52. The van der Waals surface area contributed by atoms with Crippen LogP contribution in [0.2, 0.25) is 0 Å². The summed E-state index contributed by atoms with van der Waals surface area (Å²) in [6.07, 6.45) is 0. The van der Waals surface area contributed by atoms with E-state index in [2.05, 4.69) is 5.32 Å². The number of benzene rings is 2. The molecule has 0 radical (unpaired) electrons. The molecule has 5 heteroatoms. The Balaban J connectivity index is 2.49. The van der Waals surface area contributed by atoms with Gasteiger partial charge in [-0.05, 0) is 36.0 Å². The summed E-state index contributed by atoms with van der Waals surface area (Å²) >= 11 is 4.77. The standard InChI is InChI=1S/C13H10F2N2S/c14-10-6-5-8(7-11(10)15)9-3-1-2-4-12(9)17-13(16)18/h1-7H,(H3,16,17,18). The highest BCUT2D eigenvalue weighted by molar-refractivity contribution is 7.80. The molecule has 2 aromatic carbocycles. The summed E-state index contributed by atoms with van der Waals surface area (Å²) in [4.78, 5) is 0. The van der Waals surface area contributed by atoms with Gasteiger partial charge in [0.1, 0.15) is 0 Å². The monoisotopic (exact) mass is 264 g/mol. The van der Waals surface area contributed by atoms with Crippen LogP contribution in [0.4, 0.5) is 14.5 Å². The van der Waals surface area contributed by atoms with E-state index >= 15 is 0 Å².